The average Bonchev–Trinajstić information content (AvgIpc) is 3.44. The summed E-state index contributed by atoms with van der Waals surface area (Å²) in [5.41, 5.74) is 5.18. The number of aromatic amines is 1. The SMILES string of the molecule is CC(C)C(=O)OC1C(C(O[SiH2]C(C)(C)C)(c2ccccc2)c2ccccc2)OC(n2cc3c(N)cc4c(=O)[nH]ncc(n2)c34)C1(C)O. The molecule has 1 saturated heterocycles. The lowest BCUT2D eigenvalue weighted by atomic mass is 9.77. The van der Waals surface area contributed by atoms with Gasteiger partial charge in [-0.2, -0.15) is 10.2 Å². The first-order valence-corrected chi connectivity index (χ1v) is 17.0. The minimum absolute atomic E-state index is 0.125. The fourth-order valence-corrected chi connectivity index (χ4v) is 7.43. The Morgan fingerprint density at radius 1 is 1.09 bits per heavy atom. The van der Waals surface area contributed by atoms with Gasteiger partial charge in [0, 0.05) is 22.7 Å². The number of nitrogens with zero attached hydrogens (tertiary/aromatic N) is 3. The zero-order valence-corrected chi connectivity index (χ0v) is 28.8. The number of rotatable bonds is 8. The molecule has 47 heavy (non-hydrogen) atoms. The van der Waals surface area contributed by atoms with Gasteiger partial charge in [-0.25, -0.2) is 9.78 Å². The van der Waals surface area contributed by atoms with E-state index in [1.54, 1.807) is 33.0 Å². The fourth-order valence-electron chi connectivity index (χ4n) is 6.27. The predicted octanol–water partition coefficient (Wildman–Crippen LogP) is 4.33. The van der Waals surface area contributed by atoms with Crippen molar-refractivity contribution in [3.05, 3.63) is 101 Å². The third kappa shape index (κ3) is 5.75. The van der Waals surface area contributed by atoms with Crippen LogP contribution in [0.1, 0.15) is 58.9 Å². The van der Waals surface area contributed by atoms with Crippen molar-refractivity contribution in [2.75, 3.05) is 5.73 Å². The Bertz CT molecular complexity index is 1930. The van der Waals surface area contributed by atoms with Crippen LogP contribution in [0.15, 0.2) is 83.9 Å². The number of benzene rings is 2. The summed E-state index contributed by atoms with van der Waals surface area (Å²) in [5, 5.41) is 25.1. The topological polar surface area (TPSA) is 155 Å². The van der Waals surface area contributed by atoms with Crippen LogP contribution in [0.5, 0.6) is 0 Å². The molecule has 0 amide bonds. The van der Waals surface area contributed by atoms with E-state index < -0.39 is 56.8 Å². The molecule has 3 heterocycles. The van der Waals surface area contributed by atoms with Crippen LogP contribution >= 0.6 is 0 Å². The Morgan fingerprint density at radius 3 is 2.28 bits per heavy atom. The number of esters is 1. The van der Waals surface area contributed by atoms with Crippen molar-refractivity contribution in [1.82, 2.24) is 20.0 Å². The van der Waals surface area contributed by atoms with Crippen molar-refractivity contribution in [1.29, 1.82) is 0 Å². The lowest BCUT2D eigenvalue weighted by Crippen LogP contribution is -2.55. The van der Waals surface area contributed by atoms with Crippen molar-refractivity contribution < 1.29 is 23.8 Å². The molecule has 5 aromatic rings. The summed E-state index contributed by atoms with van der Waals surface area (Å²) in [4.78, 5) is 26.0. The Hall–Kier alpha value is -4.36. The van der Waals surface area contributed by atoms with Gasteiger partial charge in [0.05, 0.1) is 17.5 Å². The van der Waals surface area contributed by atoms with Gasteiger partial charge in [0.1, 0.15) is 22.8 Å². The Kier molecular flexibility index (Phi) is 8.33. The Balaban J connectivity index is 1.61. The van der Waals surface area contributed by atoms with Gasteiger partial charge in [-0.05, 0) is 29.2 Å². The first-order chi connectivity index (χ1) is 22.2. The molecule has 4 unspecified atom stereocenters. The minimum atomic E-state index is -1.82. The monoisotopic (exact) mass is 655 g/mol. The molecule has 11 nitrogen and oxygen atoms in total. The highest BCUT2D eigenvalue weighted by Crippen LogP contribution is 2.51. The second kappa shape index (κ2) is 12.0. The molecule has 4 N–H and O–H groups in total. The highest BCUT2D eigenvalue weighted by atomic mass is 28.2. The van der Waals surface area contributed by atoms with Crippen molar-refractivity contribution in [2.45, 2.75) is 76.2 Å². The number of nitrogen functional groups attached to an aromatic ring is 1. The highest BCUT2D eigenvalue weighted by molar-refractivity contribution is 6.32. The number of carbonyl (C=O) groups excluding carboxylic acids is 1. The highest BCUT2D eigenvalue weighted by Gasteiger charge is 2.64. The molecule has 12 heteroatoms. The van der Waals surface area contributed by atoms with Crippen LogP contribution < -0.4 is 11.3 Å². The quantitative estimate of drug-likeness (QED) is 0.164. The van der Waals surface area contributed by atoms with Gasteiger partial charge in [0.15, 0.2) is 22.1 Å². The molecule has 1 aliphatic heterocycles. The van der Waals surface area contributed by atoms with Crippen LogP contribution in [-0.4, -0.2) is 58.6 Å². The van der Waals surface area contributed by atoms with Crippen LogP contribution in [0.25, 0.3) is 21.7 Å². The van der Waals surface area contributed by atoms with E-state index in [0.717, 1.165) is 11.1 Å². The number of carbonyl (C=O) groups is 1. The predicted molar refractivity (Wildman–Crippen MR) is 182 cm³/mol. The second-order valence-corrected chi connectivity index (χ2v) is 16.7. The molecular weight excluding hydrogens is 615 g/mol. The number of hydrogen-bond acceptors (Lipinski definition) is 9. The fraction of sp³-hybridized carbons (Fsp3) is 0.371. The standard InChI is InChI=1S/C35H41N5O6Si/c1-20(2)31(42)44-28-29(35(46-47-33(3,4)5,21-13-9-7-10-14-21)22-15-11-8-12-16-22)45-32(34(28,6)43)40-19-24-25(36)17-23-27(24)26(39-40)18-37-38-30(23)41/h7-20,28-29,32,43H,36,47H2,1-6H3,(H,38,41). The third-order valence-electron chi connectivity index (χ3n) is 8.61. The van der Waals surface area contributed by atoms with Gasteiger partial charge in [-0.15, -0.1) is 0 Å². The Labute approximate surface area is 275 Å². The van der Waals surface area contributed by atoms with Crippen molar-refractivity contribution >= 4 is 43.1 Å². The van der Waals surface area contributed by atoms with E-state index in [1.807, 2.05) is 60.7 Å². The van der Waals surface area contributed by atoms with Gasteiger partial charge >= 0.3 is 5.97 Å². The maximum Gasteiger partial charge on any atom is 0.308 e. The molecular formula is C35H41N5O6Si. The number of H-pyrrole nitrogens is 1. The normalized spacial score (nSPS) is 22.2. The van der Waals surface area contributed by atoms with Crippen LogP contribution in [0.3, 0.4) is 0 Å². The van der Waals surface area contributed by atoms with E-state index in [1.165, 1.54) is 10.9 Å². The van der Waals surface area contributed by atoms with E-state index >= 15 is 0 Å². The molecule has 6 rings (SSSR count). The van der Waals surface area contributed by atoms with E-state index in [9.17, 15) is 14.7 Å². The number of anilines is 1. The van der Waals surface area contributed by atoms with Crippen LogP contribution in [-0.2, 0) is 24.3 Å². The average molecular weight is 656 g/mol. The van der Waals surface area contributed by atoms with Gasteiger partial charge in [0.2, 0.25) is 0 Å². The number of hydrogen-bond donors (Lipinski definition) is 3. The first kappa shape index (κ1) is 32.6. The van der Waals surface area contributed by atoms with Gasteiger partial charge in [-0.3, -0.25) is 9.59 Å². The molecule has 3 aromatic carbocycles. The Morgan fingerprint density at radius 2 is 1.70 bits per heavy atom. The van der Waals surface area contributed by atoms with Gasteiger partial charge in [0.25, 0.3) is 5.56 Å². The molecule has 4 atom stereocenters. The van der Waals surface area contributed by atoms with Crippen LogP contribution in [0.2, 0.25) is 5.04 Å². The summed E-state index contributed by atoms with van der Waals surface area (Å²) < 4.78 is 21.8. The van der Waals surface area contributed by atoms with E-state index in [0.29, 0.717) is 27.4 Å². The summed E-state index contributed by atoms with van der Waals surface area (Å²) in [6.45, 7) is 11.5. The minimum Gasteiger partial charge on any atom is -0.456 e. The second-order valence-electron chi connectivity index (χ2n) is 14.0. The van der Waals surface area contributed by atoms with Gasteiger partial charge in [-0.1, -0.05) is 95.3 Å². The smallest absolute Gasteiger partial charge is 0.308 e. The maximum atomic E-state index is 13.4. The first-order valence-electron chi connectivity index (χ1n) is 15.7. The molecule has 1 fully saturated rings. The van der Waals surface area contributed by atoms with E-state index in [-0.39, 0.29) is 5.04 Å². The molecule has 1 aliphatic rings. The van der Waals surface area contributed by atoms with Crippen molar-refractivity contribution in [3.8, 4) is 0 Å². The number of nitrogens with one attached hydrogen (secondary N) is 1. The molecule has 0 saturated carbocycles. The number of aromatic nitrogens is 4. The maximum absolute atomic E-state index is 13.4. The molecule has 0 spiro atoms. The van der Waals surface area contributed by atoms with Crippen molar-refractivity contribution in [2.24, 2.45) is 5.92 Å². The lowest BCUT2D eigenvalue weighted by Gasteiger charge is -2.43. The summed E-state index contributed by atoms with van der Waals surface area (Å²) in [7, 11) is -1.30. The summed E-state index contributed by atoms with van der Waals surface area (Å²) in [6.07, 6.45) is -0.336. The van der Waals surface area contributed by atoms with Gasteiger partial charge < -0.3 is 24.7 Å². The summed E-state index contributed by atoms with van der Waals surface area (Å²) >= 11 is 0. The lowest BCUT2D eigenvalue weighted by molar-refractivity contribution is -0.172. The largest absolute Gasteiger partial charge is 0.456 e. The van der Waals surface area contributed by atoms with Crippen molar-refractivity contribution in [3.63, 3.8) is 0 Å². The van der Waals surface area contributed by atoms with Crippen LogP contribution in [0, 0.1) is 5.92 Å². The molecule has 0 aliphatic carbocycles. The third-order valence-corrected chi connectivity index (χ3v) is 10.1. The van der Waals surface area contributed by atoms with Crippen LogP contribution in [0.4, 0.5) is 5.69 Å². The molecule has 246 valence electrons. The zero-order valence-electron chi connectivity index (χ0n) is 27.4. The van der Waals surface area contributed by atoms with E-state index in [2.05, 4.69) is 31.0 Å². The molecule has 0 radical (unpaired) electrons. The number of ether oxygens (including phenoxy) is 2. The summed E-state index contributed by atoms with van der Waals surface area (Å²) in [5.74, 6) is -0.966. The summed E-state index contributed by atoms with van der Waals surface area (Å²) in [6, 6.07) is 21.0. The molecule has 0 bridgehead atoms. The number of aliphatic hydroxyl groups is 1. The zero-order chi connectivity index (χ0) is 33.7. The molecule has 2 aromatic heterocycles. The number of nitrogens with two attached hydrogens (primary N) is 1. The van der Waals surface area contributed by atoms with E-state index in [4.69, 9.17) is 24.7 Å².